The number of benzene rings is 2. The van der Waals surface area contributed by atoms with Crippen molar-refractivity contribution in [3.05, 3.63) is 72.2 Å². The lowest BCUT2D eigenvalue weighted by atomic mass is 10.2. The zero-order chi connectivity index (χ0) is 18.7. The molecule has 0 unspecified atom stereocenters. The summed E-state index contributed by atoms with van der Waals surface area (Å²) >= 11 is 0. The normalized spacial score (nSPS) is 11.2. The molecule has 0 radical (unpaired) electrons. The number of amides is 1. The van der Waals surface area contributed by atoms with Crippen LogP contribution in [0.5, 0.6) is 0 Å². The van der Waals surface area contributed by atoms with Crippen LogP contribution in [0, 0.1) is 5.82 Å². The zero-order valence-corrected chi connectivity index (χ0v) is 14.5. The van der Waals surface area contributed by atoms with Crippen LogP contribution in [0.4, 0.5) is 15.8 Å². The van der Waals surface area contributed by atoms with Crippen LogP contribution in [0.2, 0.25) is 0 Å². The molecule has 6 nitrogen and oxygen atoms in total. The first-order valence-corrected chi connectivity index (χ1v) is 9.45. The van der Waals surface area contributed by atoms with Gasteiger partial charge in [0.25, 0.3) is 5.91 Å². The van der Waals surface area contributed by atoms with Crippen molar-refractivity contribution in [2.24, 2.45) is 0 Å². The van der Waals surface area contributed by atoms with E-state index in [1.807, 2.05) is 0 Å². The first-order chi connectivity index (χ1) is 12.3. The molecule has 0 fully saturated rings. The fourth-order valence-corrected chi connectivity index (χ4v) is 2.87. The SMILES string of the molecule is CS(=O)(=O)Nc1ccccc1NC(=O)c1ccc(-c2ccc(F)cc2)o1. The van der Waals surface area contributed by atoms with Crippen molar-refractivity contribution >= 4 is 27.3 Å². The molecule has 1 heterocycles. The summed E-state index contributed by atoms with van der Waals surface area (Å²) in [6.07, 6.45) is 1.02. The number of nitrogens with one attached hydrogen (secondary N) is 2. The smallest absolute Gasteiger partial charge is 0.291 e. The molecule has 0 saturated carbocycles. The van der Waals surface area contributed by atoms with Gasteiger partial charge in [-0.05, 0) is 48.5 Å². The van der Waals surface area contributed by atoms with E-state index < -0.39 is 15.9 Å². The largest absolute Gasteiger partial charge is 0.451 e. The van der Waals surface area contributed by atoms with Gasteiger partial charge in [0.05, 0.1) is 17.6 Å². The standard InChI is InChI=1S/C18H15FN2O4S/c1-26(23,24)21-15-5-3-2-4-14(15)20-18(22)17-11-10-16(25-17)12-6-8-13(19)9-7-12/h2-11,21H,1H3,(H,20,22). The second-order valence-corrected chi connectivity index (χ2v) is 7.29. The summed E-state index contributed by atoms with van der Waals surface area (Å²) in [6, 6.07) is 15.2. The van der Waals surface area contributed by atoms with Gasteiger partial charge < -0.3 is 9.73 Å². The molecule has 0 aliphatic carbocycles. The quantitative estimate of drug-likeness (QED) is 0.713. The van der Waals surface area contributed by atoms with Crippen molar-refractivity contribution in [1.82, 2.24) is 0 Å². The van der Waals surface area contributed by atoms with E-state index in [-0.39, 0.29) is 17.3 Å². The Bertz CT molecular complexity index is 1040. The minimum absolute atomic E-state index is 0.0403. The van der Waals surface area contributed by atoms with Crippen LogP contribution < -0.4 is 10.0 Å². The number of rotatable bonds is 5. The molecule has 0 saturated heterocycles. The van der Waals surface area contributed by atoms with E-state index >= 15 is 0 Å². The van der Waals surface area contributed by atoms with Crippen LogP contribution in [-0.2, 0) is 10.0 Å². The van der Waals surface area contributed by atoms with Crippen molar-refractivity contribution in [3.8, 4) is 11.3 Å². The van der Waals surface area contributed by atoms with E-state index in [9.17, 15) is 17.6 Å². The molecule has 8 heteroatoms. The number of hydrogen-bond donors (Lipinski definition) is 2. The minimum atomic E-state index is -3.49. The molecule has 1 amide bonds. The van der Waals surface area contributed by atoms with E-state index in [0.717, 1.165) is 6.26 Å². The zero-order valence-electron chi connectivity index (χ0n) is 13.7. The second kappa shape index (κ2) is 7.01. The van der Waals surface area contributed by atoms with Crippen molar-refractivity contribution in [3.63, 3.8) is 0 Å². The molecule has 2 N–H and O–H groups in total. The number of furan rings is 1. The lowest BCUT2D eigenvalue weighted by Gasteiger charge is -2.11. The number of hydrogen-bond acceptors (Lipinski definition) is 4. The van der Waals surface area contributed by atoms with Gasteiger partial charge >= 0.3 is 0 Å². The Balaban J connectivity index is 1.80. The molecule has 0 aliphatic heterocycles. The van der Waals surface area contributed by atoms with E-state index in [0.29, 0.717) is 17.0 Å². The van der Waals surface area contributed by atoms with Crippen LogP contribution in [0.1, 0.15) is 10.6 Å². The van der Waals surface area contributed by atoms with Gasteiger partial charge in [0.1, 0.15) is 11.6 Å². The summed E-state index contributed by atoms with van der Waals surface area (Å²) in [5, 5.41) is 2.60. The Hall–Kier alpha value is -3.13. The van der Waals surface area contributed by atoms with Crippen LogP contribution in [0.3, 0.4) is 0 Å². The molecule has 0 aliphatic rings. The fourth-order valence-electron chi connectivity index (χ4n) is 2.29. The van der Waals surface area contributed by atoms with Gasteiger partial charge in [0.2, 0.25) is 10.0 Å². The van der Waals surface area contributed by atoms with E-state index in [1.165, 1.54) is 24.3 Å². The Morgan fingerprint density at radius 3 is 2.27 bits per heavy atom. The Morgan fingerprint density at radius 2 is 1.62 bits per heavy atom. The lowest BCUT2D eigenvalue weighted by molar-refractivity contribution is 0.0997. The van der Waals surface area contributed by atoms with Crippen LogP contribution in [0.25, 0.3) is 11.3 Å². The van der Waals surface area contributed by atoms with Gasteiger partial charge in [-0.2, -0.15) is 0 Å². The third-order valence-corrected chi connectivity index (χ3v) is 4.02. The highest BCUT2D eigenvalue weighted by molar-refractivity contribution is 7.92. The fraction of sp³-hybridized carbons (Fsp3) is 0.0556. The van der Waals surface area contributed by atoms with Crippen LogP contribution in [0.15, 0.2) is 65.1 Å². The van der Waals surface area contributed by atoms with Crippen molar-refractivity contribution in [1.29, 1.82) is 0 Å². The maximum absolute atomic E-state index is 13.0. The maximum Gasteiger partial charge on any atom is 0.291 e. The van der Waals surface area contributed by atoms with E-state index in [4.69, 9.17) is 4.42 Å². The summed E-state index contributed by atoms with van der Waals surface area (Å²) < 4.78 is 43.7. The molecule has 3 rings (SSSR count). The Kier molecular flexibility index (Phi) is 4.77. The maximum atomic E-state index is 13.0. The molecular formula is C18H15FN2O4S. The molecule has 3 aromatic rings. The van der Waals surface area contributed by atoms with Crippen molar-refractivity contribution < 1.29 is 22.0 Å². The van der Waals surface area contributed by atoms with Crippen molar-refractivity contribution in [2.45, 2.75) is 0 Å². The Labute approximate surface area is 149 Å². The highest BCUT2D eigenvalue weighted by atomic mass is 32.2. The summed E-state index contributed by atoms with van der Waals surface area (Å²) in [5.41, 5.74) is 1.17. The number of sulfonamides is 1. The molecule has 2 aromatic carbocycles. The summed E-state index contributed by atoms with van der Waals surface area (Å²) in [7, 11) is -3.49. The number of anilines is 2. The number of para-hydroxylation sites is 2. The minimum Gasteiger partial charge on any atom is -0.451 e. The van der Waals surface area contributed by atoms with E-state index in [2.05, 4.69) is 10.0 Å². The summed E-state index contributed by atoms with van der Waals surface area (Å²) in [6.45, 7) is 0. The van der Waals surface area contributed by atoms with Gasteiger partial charge in [-0.1, -0.05) is 12.1 Å². The topological polar surface area (TPSA) is 88.4 Å². The molecule has 26 heavy (non-hydrogen) atoms. The van der Waals surface area contributed by atoms with Crippen LogP contribution >= 0.6 is 0 Å². The van der Waals surface area contributed by atoms with Gasteiger partial charge in [0, 0.05) is 5.56 Å². The molecular weight excluding hydrogens is 359 g/mol. The molecule has 0 atom stereocenters. The van der Waals surface area contributed by atoms with Crippen molar-refractivity contribution in [2.75, 3.05) is 16.3 Å². The first-order valence-electron chi connectivity index (χ1n) is 7.56. The lowest BCUT2D eigenvalue weighted by Crippen LogP contribution is -2.15. The highest BCUT2D eigenvalue weighted by Crippen LogP contribution is 2.25. The highest BCUT2D eigenvalue weighted by Gasteiger charge is 2.15. The average Bonchev–Trinajstić information content (AvgIpc) is 3.06. The van der Waals surface area contributed by atoms with Gasteiger partial charge in [-0.3, -0.25) is 9.52 Å². The Morgan fingerprint density at radius 1 is 0.962 bits per heavy atom. The van der Waals surface area contributed by atoms with Gasteiger partial charge in [0.15, 0.2) is 5.76 Å². The third-order valence-electron chi connectivity index (χ3n) is 3.43. The second-order valence-electron chi connectivity index (χ2n) is 5.54. The number of carbonyl (C=O) groups excluding carboxylic acids is 1. The number of halogens is 1. The molecule has 0 spiro atoms. The van der Waals surface area contributed by atoms with Crippen LogP contribution in [-0.4, -0.2) is 20.6 Å². The summed E-state index contributed by atoms with van der Waals surface area (Å²) in [5.74, 6) is -0.453. The predicted octanol–water partition coefficient (Wildman–Crippen LogP) is 3.71. The first kappa shape index (κ1) is 17.7. The summed E-state index contributed by atoms with van der Waals surface area (Å²) in [4.78, 5) is 12.4. The average molecular weight is 374 g/mol. The predicted molar refractivity (Wildman–Crippen MR) is 97.0 cm³/mol. The molecule has 1 aromatic heterocycles. The van der Waals surface area contributed by atoms with Gasteiger partial charge in [-0.25, -0.2) is 12.8 Å². The monoisotopic (exact) mass is 374 g/mol. The molecule has 0 bridgehead atoms. The number of carbonyl (C=O) groups is 1. The van der Waals surface area contributed by atoms with E-state index in [1.54, 1.807) is 36.4 Å². The molecule has 134 valence electrons. The van der Waals surface area contributed by atoms with Gasteiger partial charge in [-0.15, -0.1) is 0 Å². The third kappa shape index (κ3) is 4.28.